The van der Waals surface area contributed by atoms with Crippen molar-refractivity contribution in [1.29, 1.82) is 0 Å². The number of thiophene rings is 1. The summed E-state index contributed by atoms with van der Waals surface area (Å²) < 4.78 is 0. The van der Waals surface area contributed by atoms with Gasteiger partial charge in [0.2, 0.25) is 5.91 Å². The average Bonchev–Trinajstić information content (AvgIpc) is 3.04. The first-order valence-corrected chi connectivity index (χ1v) is 9.97. The van der Waals surface area contributed by atoms with Crippen LogP contribution in [0, 0.1) is 12.8 Å². The Balaban J connectivity index is 1.79. The van der Waals surface area contributed by atoms with E-state index in [0.717, 1.165) is 28.5 Å². The van der Waals surface area contributed by atoms with Crippen molar-refractivity contribution in [3.05, 3.63) is 16.3 Å². The predicted molar refractivity (Wildman–Crippen MR) is 97.3 cm³/mol. The van der Waals surface area contributed by atoms with Crippen molar-refractivity contribution < 1.29 is 4.79 Å². The quantitative estimate of drug-likeness (QED) is 0.660. The highest BCUT2D eigenvalue weighted by Gasteiger charge is 2.22. The van der Waals surface area contributed by atoms with Gasteiger partial charge in [0.15, 0.2) is 0 Å². The van der Waals surface area contributed by atoms with E-state index in [1.807, 2.05) is 13.8 Å². The number of aromatic nitrogens is 2. The third-order valence-electron chi connectivity index (χ3n) is 4.37. The van der Waals surface area contributed by atoms with Crippen LogP contribution < -0.4 is 5.32 Å². The van der Waals surface area contributed by atoms with E-state index in [0.29, 0.717) is 11.7 Å². The van der Waals surface area contributed by atoms with E-state index in [1.54, 1.807) is 23.1 Å². The number of fused-ring (bicyclic) bond motifs is 3. The van der Waals surface area contributed by atoms with Gasteiger partial charge in [0, 0.05) is 16.3 Å². The molecule has 4 nitrogen and oxygen atoms in total. The molecule has 0 unspecified atom stereocenters. The Bertz CT molecular complexity index is 739. The maximum absolute atomic E-state index is 12.2. The van der Waals surface area contributed by atoms with Gasteiger partial charge < -0.3 is 5.32 Å². The minimum atomic E-state index is 0.0764. The monoisotopic (exact) mass is 349 g/mol. The van der Waals surface area contributed by atoms with Gasteiger partial charge in [-0.1, -0.05) is 25.6 Å². The molecule has 0 saturated carbocycles. The maximum atomic E-state index is 12.2. The highest BCUT2D eigenvalue weighted by atomic mass is 32.2. The van der Waals surface area contributed by atoms with Crippen molar-refractivity contribution >= 4 is 39.2 Å². The zero-order valence-corrected chi connectivity index (χ0v) is 15.7. The smallest absolute Gasteiger partial charge is 0.230 e. The number of amides is 1. The third kappa shape index (κ3) is 3.53. The number of thioether (sulfide) groups is 1. The van der Waals surface area contributed by atoms with Gasteiger partial charge in [0.25, 0.3) is 0 Å². The van der Waals surface area contributed by atoms with Crippen LogP contribution in [-0.4, -0.2) is 27.7 Å². The van der Waals surface area contributed by atoms with Crippen LogP contribution in [0.3, 0.4) is 0 Å². The lowest BCUT2D eigenvalue weighted by Gasteiger charge is -2.17. The van der Waals surface area contributed by atoms with E-state index >= 15 is 0 Å². The summed E-state index contributed by atoms with van der Waals surface area (Å²) in [5, 5.41) is 5.23. The number of aryl methyl sites for hydroxylation is 3. The number of carbonyl (C=O) groups is 1. The van der Waals surface area contributed by atoms with Crippen molar-refractivity contribution in [2.45, 2.75) is 58.0 Å². The zero-order valence-electron chi connectivity index (χ0n) is 14.1. The molecule has 6 heteroatoms. The van der Waals surface area contributed by atoms with E-state index in [4.69, 9.17) is 0 Å². The summed E-state index contributed by atoms with van der Waals surface area (Å²) >= 11 is 3.34. The predicted octanol–water partition coefficient (Wildman–Crippen LogP) is 3.74. The SMILES string of the molecule is Cc1nc(SCC(=O)N[C@@H](C)C(C)C)c2c3c(sc2n1)CCC3. The first-order chi connectivity index (χ1) is 11.0. The second-order valence-corrected chi connectivity index (χ2v) is 8.55. The summed E-state index contributed by atoms with van der Waals surface area (Å²) in [5.41, 5.74) is 1.42. The second kappa shape index (κ2) is 6.77. The molecular weight excluding hydrogens is 326 g/mol. The van der Waals surface area contributed by atoms with Crippen LogP contribution in [0.15, 0.2) is 5.03 Å². The summed E-state index contributed by atoms with van der Waals surface area (Å²) in [6.45, 7) is 8.20. The Morgan fingerprint density at radius 3 is 2.83 bits per heavy atom. The molecule has 124 valence electrons. The Morgan fingerprint density at radius 1 is 1.30 bits per heavy atom. The van der Waals surface area contributed by atoms with Gasteiger partial charge in [0.05, 0.1) is 5.75 Å². The fourth-order valence-electron chi connectivity index (χ4n) is 2.76. The van der Waals surface area contributed by atoms with E-state index in [-0.39, 0.29) is 11.9 Å². The van der Waals surface area contributed by atoms with E-state index < -0.39 is 0 Å². The largest absolute Gasteiger partial charge is 0.353 e. The fourth-order valence-corrected chi connectivity index (χ4v) is 5.05. The van der Waals surface area contributed by atoms with Crippen molar-refractivity contribution in [3.8, 4) is 0 Å². The first kappa shape index (κ1) is 16.7. The van der Waals surface area contributed by atoms with Gasteiger partial charge in [-0.2, -0.15) is 0 Å². The van der Waals surface area contributed by atoms with Gasteiger partial charge >= 0.3 is 0 Å². The molecule has 1 aliphatic rings. The number of nitrogens with zero attached hydrogens (tertiary/aromatic N) is 2. The molecule has 1 atom stereocenters. The van der Waals surface area contributed by atoms with Crippen molar-refractivity contribution in [2.75, 3.05) is 5.75 Å². The topological polar surface area (TPSA) is 54.9 Å². The van der Waals surface area contributed by atoms with E-state index in [1.165, 1.54) is 22.2 Å². The highest BCUT2D eigenvalue weighted by molar-refractivity contribution is 8.00. The molecule has 0 saturated heterocycles. The van der Waals surface area contributed by atoms with Crippen LogP contribution in [0.4, 0.5) is 0 Å². The summed E-state index contributed by atoms with van der Waals surface area (Å²) in [5.74, 6) is 1.72. The van der Waals surface area contributed by atoms with Crippen molar-refractivity contribution in [2.24, 2.45) is 5.92 Å². The van der Waals surface area contributed by atoms with Crippen LogP contribution in [-0.2, 0) is 17.6 Å². The lowest BCUT2D eigenvalue weighted by molar-refractivity contribution is -0.119. The van der Waals surface area contributed by atoms with Crippen LogP contribution in [0.2, 0.25) is 0 Å². The summed E-state index contributed by atoms with van der Waals surface area (Å²) in [4.78, 5) is 23.9. The Hall–Kier alpha value is -1.14. The van der Waals surface area contributed by atoms with Crippen LogP contribution in [0.25, 0.3) is 10.2 Å². The lowest BCUT2D eigenvalue weighted by atomic mass is 10.1. The summed E-state index contributed by atoms with van der Waals surface area (Å²) in [7, 11) is 0. The lowest BCUT2D eigenvalue weighted by Crippen LogP contribution is -2.37. The molecule has 0 bridgehead atoms. The number of nitrogens with one attached hydrogen (secondary N) is 1. The molecule has 1 aliphatic carbocycles. The van der Waals surface area contributed by atoms with Crippen molar-refractivity contribution in [1.82, 2.24) is 15.3 Å². The Morgan fingerprint density at radius 2 is 2.09 bits per heavy atom. The highest BCUT2D eigenvalue weighted by Crippen LogP contribution is 2.40. The fraction of sp³-hybridized carbons (Fsp3) is 0.588. The zero-order chi connectivity index (χ0) is 16.6. The Kier molecular flexibility index (Phi) is 4.92. The number of rotatable bonds is 5. The van der Waals surface area contributed by atoms with Gasteiger partial charge in [-0.3, -0.25) is 4.79 Å². The van der Waals surface area contributed by atoms with Gasteiger partial charge in [-0.05, 0) is 44.6 Å². The molecular formula is C17H23N3OS2. The molecule has 3 rings (SSSR count). The molecule has 0 radical (unpaired) electrons. The molecule has 1 N–H and O–H groups in total. The van der Waals surface area contributed by atoms with Crippen LogP contribution >= 0.6 is 23.1 Å². The molecule has 0 spiro atoms. The van der Waals surface area contributed by atoms with Gasteiger partial charge in [-0.15, -0.1) is 11.3 Å². The summed E-state index contributed by atoms with van der Waals surface area (Å²) in [6, 6.07) is 0.195. The van der Waals surface area contributed by atoms with Gasteiger partial charge in [-0.25, -0.2) is 9.97 Å². The minimum Gasteiger partial charge on any atom is -0.353 e. The Labute approximate surface area is 145 Å². The second-order valence-electron chi connectivity index (χ2n) is 6.50. The number of carbonyl (C=O) groups excluding carboxylic acids is 1. The van der Waals surface area contributed by atoms with Crippen molar-refractivity contribution in [3.63, 3.8) is 0 Å². The number of hydrogen-bond acceptors (Lipinski definition) is 5. The third-order valence-corrected chi connectivity index (χ3v) is 6.53. The first-order valence-electron chi connectivity index (χ1n) is 8.16. The van der Waals surface area contributed by atoms with Crippen LogP contribution in [0.1, 0.15) is 43.5 Å². The van der Waals surface area contributed by atoms with Crippen LogP contribution in [0.5, 0.6) is 0 Å². The molecule has 2 aromatic heterocycles. The van der Waals surface area contributed by atoms with Gasteiger partial charge in [0.1, 0.15) is 15.7 Å². The molecule has 23 heavy (non-hydrogen) atoms. The van der Waals surface area contributed by atoms with E-state index in [9.17, 15) is 4.79 Å². The molecule has 2 aromatic rings. The maximum Gasteiger partial charge on any atom is 0.230 e. The molecule has 0 aromatic carbocycles. The molecule has 1 amide bonds. The average molecular weight is 350 g/mol. The standard InChI is InChI=1S/C17H23N3OS2/c1-9(2)10(3)18-14(21)8-22-16-15-12-6-5-7-13(12)23-17(15)20-11(4)19-16/h9-10H,5-8H2,1-4H3,(H,18,21)/t10-/m0/s1. The van der Waals surface area contributed by atoms with E-state index in [2.05, 4.69) is 29.1 Å². The minimum absolute atomic E-state index is 0.0764. The molecule has 2 heterocycles. The summed E-state index contributed by atoms with van der Waals surface area (Å²) in [6.07, 6.45) is 3.50. The molecule has 0 aliphatic heterocycles. The number of hydrogen-bond donors (Lipinski definition) is 1. The molecule has 0 fully saturated rings. The normalized spacial score (nSPS) is 15.2.